The Bertz CT molecular complexity index is 724. The van der Waals surface area contributed by atoms with E-state index in [-0.39, 0.29) is 42.4 Å². The molecule has 0 radical (unpaired) electrons. The van der Waals surface area contributed by atoms with Gasteiger partial charge in [-0.3, -0.25) is 14.4 Å². The molecule has 0 aromatic carbocycles. The predicted octanol–water partition coefficient (Wildman–Crippen LogP) is 0.901. The zero-order chi connectivity index (χ0) is 24.1. The average molecular weight is 479 g/mol. The molecule has 2 heterocycles. The molecular weight excluding hydrogens is 436 g/mol. The van der Waals surface area contributed by atoms with Gasteiger partial charge in [0.05, 0.1) is 12.1 Å². The summed E-state index contributed by atoms with van der Waals surface area (Å²) in [7, 11) is 1.48. The first-order valence-corrected chi connectivity index (χ1v) is 13.2. The Morgan fingerprint density at radius 2 is 1.88 bits per heavy atom. The molecule has 34 heavy (non-hydrogen) atoms. The maximum absolute atomic E-state index is 13.3. The number of carbonyl (C=O) groups is 3. The van der Waals surface area contributed by atoms with E-state index in [0.29, 0.717) is 44.4 Å². The molecule has 4 fully saturated rings. The number of hydrogen-bond donors (Lipinski definition) is 2. The van der Waals surface area contributed by atoms with E-state index in [9.17, 15) is 14.4 Å². The highest BCUT2D eigenvalue weighted by molar-refractivity contribution is 5.89. The van der Waals surface area contributed by atoms with Gasteiger partial charge in [0.1, 0.15) is 12.6 Å². The lowest BCUT2D eigenvalue weighted by Gasteiger charge is -2.31. The first-order valence-electron chi connectivity index (χ1n) is 13.2. The Labute approximate surface area is 203 Å². The summed E-state index contributed by atoms with van der Waals surface area (Å²) in [5, 5.41) is 3.12. The van der Waals surface area contributed by atoms with E-state index in [0.717, 1.165) is 51.6 Å². The highest BCUT2D eigenvalue weighted by Crippen LogP contribution is 2.34. The van der Waals surface area contributed by atoms with Crippen LogP contribution in [0.25, 0.3) is 0 Å². The summed E-state index contributed by atoms with van der Waals surface area (Å²) in [6.45, 7) is 2.89. The second-order valence-corrected chi connectivity index (χ2v) is 10.7. The predicted molar refractivity (Wildman–Crippen MR) is 127 cm³/mol. The molecule has 4 rings (SSSR count). The van der Waals surface area contributed by atoms with Gasteiger partial charge in [0.2, 0.25) is 17.7 Å². The molecule has 0 spiro atoms. The van der Waals surface area contributed by atoms with Gasteiger partial charge >= 0.3 is 0 Å². The molecule has 3 amide bonds. The summed E-state index contributed by atoms with van der Waals surface area (Å²) in [5.74, 6) is 0.861. The van der Waals surface area contributed by atoms with Crippen molar-refractivity contribution < 1.29 is 23.9 Å². The fraction of sp³-hybridized carbons (Fsp3) is 0.880. The SMILES string of the molecule is COCC(=O)N1CC(N(CC2CCCO2)C(=O)C2CC2)CC1C(=O)NCC1CCCC(CN)C1. The standard InChI is InChI=1S/C25H42N4O5/c1-33-16-23(30)29-14-20(28(25(32)19-7-8-19)15-21-6-3-9-34-21)11-22(29)24(31)27-13-18-5-2-4-17(10-18)12-26/h17-22H,2-16,26H2,1H3,(H,27,31). The van der Waals surface area contributed by atoms with E-state index >= 15 is 0 Å². The number of nitrogens with one attached hydrogen (secondary N) is 1. The highest BCUT2D eigenvalue weighted by atomic mass is 16.5. The molecule has 2 saturated carbocycles. The van der Waals surface area contributed by atoms with Gasteiger partial charge in [0.15, 0.2) is 0 Å². The van der Waals surface area contributed by atoms with Crippen molar-refractivity contribution in [3.05, 3.63) is 0 Å². The third-order valence-corrected chi connectivity index (χ3v) is 8.03. The molecule has 0 aromatic rings. The van der Waals surface area contributed by atoms with Crippen LogP contribution in [0.5, 0.6) is 0 Å². The van der Waals surface area contributed by atoms with Crippen molar-refractivity contribution in [3.8, 4) is 0 Å². The van der Waals surface area contributed by atoms with Crippen LogP contribution in [0.1, 0.15) is 57.8 Å². The minimum Gasteiger partial charge on any atom is -0.376 e. The molecule has 192 valence electrons. The second kappa shape index (κ2) is 11.8. The van der Waals surface area contributed by atoms with E-state index in [4.69, 9.17) is 15.2 Å². The van der Waals surface area contributed by atoms with Crippen LogP contribution in [0.15, 0.2) is 0 Å². The zero-order valence-corrected chi connectivity index (χ0v) is 20.6. The number of nitrogens with two attached hydrogens (primary N) is 1. The van der Waals surface area contributed by atoms with Crippen LogP contribution in [0.4, 0.5) is 0 Å². The van der Waals surface area contributed by atoms with Crippen LogP contribution in [-0.4, -0.2) is 92.2 Å². The van der Waals surface area contributed by atoms with E-state index in [2.05, 4.69) is 5.32 Å². The van der Waals surface area contributed by atoms with E-state index in [1.54, 1.807) is 4.90 Å². The quantitative estimate of drug-likeness (QED) is 0.482. The van der Waals surface area contributed by atoms with Gasteiger partial charge in [-0.1, -0.05) is 6.42 Å². The Hall–Kier alpha value is -1.71. The summed E-state index contributed by atoms with van der Waals surface area (Å²) < 4.78 is 10.9. The third kappa shape index (κ3) is 6.29. The van der Waals surface area contributed by atoms with Gasteiger partial charge in [0.25, 0.3) is 0 Å². The van der Waals surface area contributed by atoms with Crippen LogP contribution in [0.3, 0.4) is 0 Å². The van der Waals surface area contributed by atoms with E-state index < -0.39 is 6.04 Å². The first kappa shape index (κ1) is 25.4. The molecule has 5 atom stereocenters. The monoisotopic (exact) mass is 478 g/mol. The lowest BCUT2D eigenvalue weighted by molar-refractivity contribution is -0.141. The number of nitrogens with zero attached hydrogens (tertiary/aromatic N) is 2. The van der Waals surface area contributed by atoms with Crippen molar-refractivity contribution >= 4 is 17.7 Å². The average Bonchev–Trinajstić information content (AvgIpc) is 3.39. The molecule has 2 aliphatic carbocycles. The highest BCUT2D eigenvalue weighted by Gasteiger charge is 2.46. The fourth-order valence-corrected chi connectivity index (χ4v) is 5.93. The van der Waals surface area contributed by atoms with E-state index in [1.807, 2.05) is 4.90 Å². The lowest BCUT2D eigenvalue weighted by Crippen LogP contribution is -2.48. The minimum absolute atomic E-state index is 0.0421. The van der Waals surface area contributed by atoms with Crippen LogP contribution in [0, 0.1) is 17.8 Å². The number of rotatable bonds is 10. The largest absolute Gasteiger partial charge is 0.376 e. The zero-order valence-electron chi connectivity index (χ0n) is 20.6. The van der Waals surface area contributed by atoms with Gasteiger partial charge in [0, 0.05) is 39.3 Å². The Balaban J connectivity index is 1.42. The molecule has 9 heteroatoms. The molecule has 5 unspecified atom stereocenters. The minimum atomic E-state index is -0.583. The second-order valence-electron chi connectivity index (χ2n) is 10.7. The maximum atomic E-state index is 13.3. The third-order valence-electron chi connectivity index (χ3n) is 8.03. The number of ether oxygens (including phenoxy) is 2. The van der Waals surface area contributed by atoms with Crippen LogP contribution in [-0.2, 0) is 23.9 Å². The normalized spacial score (nSPS) is 31.5. The summed E-state index contributed by atoms with van der Waals surface area (Å²) in [6.07, 6.45) is 8.77. The summed E-state index contributed by atoms with van der Waals surface area (Å²) >= 11 is 0. The molecule has 9 nitrogen and oxygen atoms in total. The molecule has 3 N–H and O–H groups in total. The van der Waals surface area contributed by atoms with Crippen LogP contribution in [0.2, 0.25) is 0 Å². The maximum Gasteiger partial charge on any atom is 0.249 e. The van der Waals surface area contributed by atoms with Gasteiger partial charge in [-0.2, -0.15) is 0 Å². The van der Waals surface area contributed by atoms with Crippen molar-refractivity contribution in [3.63, 3.8) is 0 Å². The number of likely N-dealkylation sites (tertiary alicyclic amines) is 1. The molecule has 0 bridgehead atoms. The van der Waals surface area contributed by atoms with Gasteiger partial charge < -0.3 is 30.3 Å². The fourth-order valence-electron chi connectivity index (χ4n) is 5.93. The Kier molecular flexibility index (Phi) is 8.82. The van der Waals surface area contributed by atoms with Crippen molar-refractivity contribution in [1.82, 2.24) is 15.1 Å². The van der Waals surface area contributed by atoms with Crippen molar-refractivity contribution in [1.29, 1.82) is 0 Å². The van der Waals surface area contributed by atoms with Crippen molar-refractivity contribution in [2.45, 2.75) is 76.0 Å². The summed E-state index contributed by atoms with van der Waals surface area (Å²) in [5.41, 5.74) is 5.87. The van der Waals surface area contributed by atoms with Crippen LogP contribution < -0.4 is 11.1 Å². The molecule has 0 aromatic heterocycles. The van der Waals surface area contributed by atoms with Crippen molar-refractivity contribution in [2.24, 2.45) is 23.5 Å². The van der Waals surface area contributed by atoms with Gasteiger partial charge in [-0.25, -0.2) is 0 Å². The molecule has 2 saturated heterocycles. The van der Waals surface area contributed by atoms with Gasteiger partial charge in [-0.05, 0) is 69.7 Å². The van der Waals surface area contributed by atoms with E-state index in [1.165, 1.54) is 13.5 Å². The molecule has 4 aliphatic rings. The Morgan fingerprint density at radius 3 is 2.56 bits per heavy atom. The summed E-state index contributed by atoms with van der Waals surface area (Å²) in [4.78, 5) is 42.9. The number of amides is 3. The molecule has 2 aliphatic heterocycles. The topological polar surface area (TPSA) is 114 Å². The van der Waals surface area contributed by atoms with Crippen LogP contribution >= 0.6 is 0 Å². The number of methoxy groups -OCH3 is 1. The van der Waals surface area contributed by atoms with Crippen molar-refractivity contribution in [2.75, 3.05) is 46.5 Å². The number of carbonyl (C=O) groups excluding carboxylic acids is 3. The lowest BCUT2D eigenvalue weighted by atomic mass is 9.81. The first-order chi connectivity index (χ1) is 16.5. The number of hydrogen-bond acceptors (Lipinski definition) is 6. The molecular formula is C25H42N4O5. The Morgan fingerprint density at radius 1 is 1.09 bits per heavy atom. The smallest absolute Gasteiger partial charge is 0.249 e. The summed E-state index contributed by atoms with van der Waals surface area (Å²) in [6, 6.07) is -0.759. The van der Waals surface area contributed by atoms with Gasteiger partial charge in [-0.15, -0.1) is 0 Å².